The monoisotopic (exact) mass is 508 g/mol. The minimum atomic E-state index is -4.66. The zero-order valence-corrected chi connectivity index (χ0v) is 20.6. The van der Waals surface area contributed by atoms with E-state index in [1.54, 1.807) is 10.6 Å². The lowest BCUT2D eigenvalue weighted by atomic mass is 9.99. The van der Waals surface area contributed by atoms with Crippen molar-refractivity contribution >= 4 is 11.6 Å². The summed E-state index contributed by atoms with van der Waals surface area (Å²) in [6, 6.07) is 5.64. The van der Waals surface area contributed by atoms with Crippen LogP contribution >= 0.6 is 0 Å². The van der Waals surface area contributed by atoms with Crippen LogP contribution in [0.1, 0.15) is 59.6 Å². The number of carbonyl (C=O) groups is 1. The highest BCUT2D eigenvalue weighted by atomic mass is 19.4. The first kappa shape index (κ1) is 25.9. The number of benzene rings is 1. The maximum atomic E-state index is 13.7. The number of imidazole rings is 1. The first-order valence-corrected chi connectivity index (χ1v) is 12.1. The molecule has 10 heteroatoms. The Hall–Kier alpha value is -4.13. The number of rotatable bonds is 9. The van der Waals surface area contributed by atoms with Crippen molar-refractivity contribution in [2.24, 2.45) is 0 Å². The lowest BCUT2D eigenvalue weighted by Gasteiger charge is -2.11. The number of hydrogen-bond donors (Lipinski definition) is 1. The summed E-state index contributed by atoms with van der Waals surface area (Å²) in [5.41, 5.74) is 2.61. The van der Waals surface area contributed by atoms with Crippen molar-refractivity contribution in [2.75, 3.05) is 6.54 Å². The molecule has 0 saturated heterocycles. The molecule has 37 heavy (non-hydrogen) atoms. The normalized spacial score (nSPS) is 11.6. The van der Waals surface area contributed by atoms with Crippen LogP contribution in [0.5, 0.6) is 0 Å². The molecule has 0 unspecified atom stereocenters. The van der Waals surface area contributed by atoms with E-state index in [9.17, 15) is 18.0 Å². The molecule has 3 heterocycles. The molecule has 0 spiro atoms. The van der Waals surface area contributed by atoms with Crippen molar-refractivity contribution in [1.82, 2.24) is 29.5 Å². The standard InChI is InChI=1S/C27H27F3N6O/c1-4-7-10-32-26(37)20-9-8-18(14-19(20)6-3)15-22-25-33-16-23(36(25)13-11-31-22)21-17-35(12-5-2)34-24(21)27(28,29)30/h2,8-9,11,13-14,16-17H,4,6-7,10,12,15H2,1,3H3,(H,32,37). The second kappa shape index (κ2) is 10.9. The van der Waals surface area contributed by atoms with E-state index in [0.717, 1.165) is 28.7 Å². The fourth-order valence-electron chi connectivity index (χ4n) is 4.23. The first-order valence-electron chi connectivity index (χ1n) is 12.1. The average Bonchev–Trinajstić information content (AvgIpc) is 3.49. The van der Waals surface area contributed by atoms with Crippen molar-refractivity contribution in [3.63, 3.8) is 0 Å². The first-order chi connectivity index (χ1) is 17.8. The van der Waals surface area contributed by atoms with Gasteiger partial charge in [-0.05, 0) is 30.0 Å². The van der Waals surface area contributed by atoms with Gasteiger partial charge >= 0.3 is 6.18 Å². The van der Waals surface area contributed by atoms with Crippen molar-refractivity contribution < 1.29 is 18.0 Å². The van der Waals surface area contributed by atoms with Crippen LogP contribution in [-0.2, 0) is 25.6 Å². The number of amides is 1. The Bertz CT molecular complexity index is 1460. The summed E-state index contributed by atoms with van der Waals surface area (Å²) in [7, 11) is 0. The highest BCUT2D eigenvalue weighted by Gasteiger charge is 2.38. The van der Waals surface area contributed by atoms with Crippen molar-refractivity contribution in [3.8, 4) is 23.6 Å². The Morgan fingerprint density at radius 1 is 1.22 bits per heavy atom. The summed E-state index contributed by atoms with van der Waals surface area (Å²) < 4.78 is 43.8. The van der Waals surface area contributed by atoms with Gasteiger partial charge in [0.25, 0.3) is 5.91 Å². The molecule has 0 aliphatic heterocycles. The van der Waals surface area contributed by atoms with E-state index in [1.165, 1.54) is 18.6 Å². The van der Waals surface area contributed by atoms with Crippen LogP contribution in [0.3, 0.4) is 0 Å². The number of nitrogens with one attached hydrogen (secondary N) is 1. The van der Waals surface area contributed by atoms with Crippen LogP contribution < -0.4 is 5.32 Å². The maximum absolute atomic E-state index is 13.7. The molecule has 0 fully saturated rings. The van der Waals surface area contributed by atoms with Gasteiger partial charge in [-0.3, -0.25) is 18.9 Å². The Kier molecular flexibility index (Phi) is 7.62. The van der Waals surface area contributed by atoms with Crippen LogP contribution in [0.25, 0.3) is 16.9 Å². The van der Waals surface area contributed by atoms with Crippen LogP contribution in [0, 0.1) is 12.3 Å². The molecular formula is C27H27F3N6O. The van der Waals surface area contributed by atoms with Gasteiger partial charge in [-0.15, -0.1) is 6.42 Å². The Labute approximate surface area is 212 Å². The molecule has 1 N–H and O–H groups in total. The topological polar surface area (TPSA) is 77.1 Å². The maximum Gasteiger partial charge on any atom is 0.435 e. The Morgan fingerprint density at radius 2 is 2.03 bits per heavy atom. The molecule has 0 aliphatic carbocycles. The van der Waals surface area contributed by atoms with Crippen LogP contribution in [0.2, 0.25) is 0 Å². The van der Waals surface area contributed by atoms with Crippen LogP contribution in [-0.4, -0.2) is 36.6 Å². The zero-order chi connectivity index (χ0) is 26.6. The number of halogens is 3. The second-order valence-corrected chi connectivity index (χ2v) is 8.63. The number of fused-ring (bicyclic) bond motifs is 1. The number of terminal acetylenes is 1. The predicted molar refractivity (Wildman–Crippen MR) is 134 cm³/mol. The number of carbonyl (C=O) groups excluding carboxylic acids is 1. The molecule has 3 aromatic heterocycles. The molecule has 0 bridgehead atoms. The van der Waals surface area contributed by atoms with Gasteiger partial charge in [0, 0.05) is 37.1 Å². The highest BCUT2D eigenvalue weighted by Crippen LogP contribution is 2.36. The van der Waals surface area contributed by atoms with Gasteiger partial charge in [-0.2, -0.15) is 18.3 Å². The third kappa shape index (κ3) is 5.50. The van der Waals surface area contributed by atoms with E-state index in [1.807, 2.05) is 25.1 Å². The molecule has 4 rings (SSSR count). The molecule has 0 radical (unpaired) electrons. The number of aromatic nitrogens is 5. The minimum absolute atomic E-state index is 0.0843. The molecule has 1 amide bonds. The Morgan fingerprint density at radius 3 is 2.73 bits per heavy atom. The van der Waals surface area contributed by atoms with E-state index < -0.39 is 11.9 Å². The molecule has 192 valence electrons. The molecule has 7 nitrogen and oxygen atoms in total. The summed E-state index contributed by atoms with van der Waals surface area (Å²) >= 11 is 0. The molecule has 4 aromatic rings. The average molecular weight is 509 g/mol. The Balaban J connectivity index is 1.67. The van der Waals surface area contributed by atoms with E-state index in [4.69, 9.17) is 6.42 Å². The quantitative estimate of drug-likeness (QED) is 0.257. The summed E-state index contributed by atoms with van der Waals surface area (Å²) in [5.74, 6) is 2.21. The fraction of sp³-hybridized carbons (Fsp3) is 0.333. The summed E-state index contributed by atoms with van der Waals surface area (Å²) in [6.45, 7) is 4.60. The minimum Gasteiger partial charge on any atom is -0.352 e. The molecule has 1 aromatic carbocycles. The zero-order valence-electron chi connectivity index (χ0n) is 20.6. The number of unbranched alkanes of at least 4 members (excludes halogenated alkanes) is 1. The molecule has 0 atom stereocenters. The van der Waals surface area contributed by atoms with E-state index in [0.29, 0.717) is 36.3 Å². The van der Waals surface area contributed by atoms with E-state index >= 15 is 0 Å². The van der Waals surface area contributed by atoms with Gasteiger partial charge < -0.3 is 5.32 Å². The fourth-order valence-corrected chi connectivity index (χ4v) is 4.23. The third-order valence-corrected chi connectivity index (χ3v) is 6.04. The van der Waals surface area contributed by atoms with Crippen LogP contribution in [0.4, 0.5) is 13.2 Å². The summed E-state index contributed by atoms with van der Waals surface area (Å²) in [5, 5.41) is 6.60. The second-order valence-electron chi connectivity index (χ2n) is 8.63. The van der Waals surface area contributed by atoms with Crippen LogP contribution in [0.15, 0.2) is 43.0 Å². The summed E-state index contributed by atoms with van der Waals surface area (Å²) in [6.07, 6.45) is 9.37. The van der Waals surface area contributed by atoms with Gasteiger partial charge in [-0.1, -0.05) is 38.3 Å². The number of nitrogens with zero attached hydrogens (tertiary/aromatic N) is 5. The van der Waals surface area contributed by atoms with E-state index in [-0.39, 0.29) is 23.7 Å². The van der Waals surface area contributed by atoms with Gasteiger partial charge in [0.2, 0.25) is 0 Å². The van der Waals surface area contributed by atoms with E-state index in [2.05, 4.69) is 33.2 Å². The van der Waals surface area contributed by atoms with Gasteiger partial charge in [0.1, 0.15) is 6.54 Å². The van der Waals surface area contributed by atoms with Gasteiger partial charge in [0.05, 0.1) is 23.1 Å². The third-order valence-electron chi connectivity index (χ3n) is 6.04. The lowest BCUT2D eigenvalue weighted by molar-refractivity contribution is -0.141. The van der Waals surface area contributed by atoms with Gasteiger partial charge in [-0.25, -0.2) is 4.98 Å². The molecule has 0 aliphatic rings. The largest absolute Gasteiger partial charge is 0.435 e. The summed E-state index contributed by atoms with van der Waals surface area (Å²) in [4.78, 5) is 21.4. The SMILES string of the molecule is C#CCn1cc(-c2cnc3c(Cc4ccc(C(=O)NCCCC)c(CC)c4)nccn23)c(C(F)(F)F)n1. The smallest absolute Gasteiger partial charge is 0.352 e. The number of aryl methyl sites for hydroxylation is 1. The van der Waals surface area contributed by atoms with Gasteiger partial charge in [0.15, 0.2) is 11.3 Å². The molecule has 0 saturated carbocycles. The number of hydrogen-bond acceptors (Lipinski definition) is 4. The van der Waals surface area contributed by atoms with Crippen molar-refractivity contribution in [1.29, 1.82) is 0 Å². The van der Waals surface area contributed by atoms with Crippen molar-refractivity contribution in [2.45, 2.75) is 52.3 Å². The highest BCUT2D eigenvalue weighted by molar-refractivity contribution is 5.95. The molecular weight excluding hydrogens is 481 g/mol. The predicted octanol–water partition coefficient (Wildman–Crippen LogP) is 4.93. The number of alkyl halides is 3. The lowest BCUT2D eigenvalue weighted by Crippen LogP contribution is -2.25. The van der Waals surface area contributed by atoms with Crippen molar-refractivity contribution in [3.05, 3.63) is 71.1 Å².